The molecule has 4 nitrogen and oxygen atoms in total. The van der Waals surface area contributed by atoms with Crippen molar-refractivity contribution in [2.45, 2.75) is 25.8 Å². The van der Waals surface area contributed by atoms with Gasteiger partial charge in [0.25, 0.3) is 0 Å². The zero-order valence-electron chi connectivity index (χ0n) is 9.45. The maximum atomic E-state index is 11.2. The van der Waals surface area contributed by atoms with Crippen molar-refractivity contribution in [2.24, 2.45) is 0 Å². The van der Waals surface area contributed by atoms with Crippen LogP contribution in [0.5, 0.6) is 0 Å². The standard InChI is InChI=1S/C10H19N3O/c1-9(8-11)13(4)7-5-6-10(14)12(2)3/h9H,5-7H2,1-4H3. The Bertz CT molecular complexity index is 220. The van der Waals surface area contributed by atoms with E-state index in [2.05, 4.69) is 6.07 Å². The fourth-order valence-corrected chi connectivity index (χ4v) is 0.995. The van der Waals surface area contributed by atoms with Crippen LogP contribution < -0.4 is 0 Å². The van der Waals surface area contributed by atoms with E-state index in [9.17, 15) is 4.79 Å². The van der Waals surface area contributed by atoms with E-state index in [1.54, 1.807) is 19.0 Å². The van der Waals surface area contributed by atoms with E-state index in [0.717, 1.165) is 13.0 Å². The Morgan fingerprint density at radius 2 is 2.00 bits per heavy atom. The van der Waals surface area contributed by atoms with E-state index >= 15 is 0 Å². The van der Waals surface area contributed by atoms with Gasteiger partial charge in [0, 0.05) is 20.5 Å². The predicted molar refractivity (Wildman–Crippen MR) is 55.6 cm³/mol. The molecule has 1 atom stereocenters. The van der Waals surface area contributed by atoms with Crippen LogP contribution in [0.15, 0.2) is 0 Å². The van der Waals surface area contributed by atoms with E-state index in [4.69, 9.17) is 5.26 Å². The molecule has 0 aliphatic carbocycles. The van der Waals surface area contributed by atoms with Crippen molar-refractivity contribution in [3.63, 3.8) is 0 Å². The number of amides is 1. The molecule has 0 spiro atoms. The number of hydrogen-bond donors (Lipinski definition) is 0. The first kappa shape index (κ1) is 12.9. The second-order valence-electron chi connectivity index (χ2n) is 3.68. The maximum Gasteiger partial charge on any atom is 0.222 e. The lowest BCUT2D eigenvalue weighted by molar-refractivity contribution is -0.128. The van der Waals surface area contributed by atoms with Crippen LogP contribution in [-0.2, 0) is 4.79 Å². The lowest BCUT2D eigenvalue weighted by Crippen LogP contribution is -2.30. The smallest absolute Gasteiger partial charge is 0.222 e. The molecule has 0 bridgehead atoms. The van der Waals surface area contributed by atoms with Gasteiger partial charge in [-0.15, -0.1) is 0 Å². The molecule has 0 aromatic heterocycles. The normalized spacial score (nSPS) is 12.3. The third-order valence-electron chi connectivity index (χ3n) is 2.25. The highest BCUT2D eigenvalue weighted by Crippen LogP contribution is 1.99. The number of hydrogen-bond acceptors (Lipinski definition) is 3. The summed E-state index contributed by atoms with van der Waals surface area (Å²) in [6, 6.07) is 2.08. The molecule has 14 heavy (non-hydrogen) atoms. The third-order valence-corrected chi connectivity index (χ3v) is 2.25. The Morgan fingerprint density at radius 3 is 2.43 bits per heavy atom. The van der Waals surface area contributed by atoms with Crippen molar-refractivity contribution in [1.29, 1.82) is 5.26 Å². The Balaban J connectivity index is 3.65. The van der Waals surface area contributed by atoms with Crippen molar-refractivity contribution in [2.75, 3.05) is 27.7 Å². The van der Waals surface area contributed by atoms with Gasteiger partial charge in [0.05, 0.1) is 12.1 Å². The average molecular weight is 197 g/mol. The highest BCUT2D eigenvalue weighted by Gasteiger charge is 2.08. The van der Waals surface area contributed by atoms with Crippen LogP contribution in [0, 0.1) is 11.3 Å². The molecule has 0 saturated heterocycles. The summed E-state index contributed by atoms with van der Waals surface area (Å²) in [5, 5.41) is 8.64. The monoisotopic (exact) mass is 197 g/mol. The zero-order chi connectivity index (χ0) is 11.1. The Labute approximate surface area is 86.1 Å². The molecule has 1 amide bonds. The number of rotatable bonds is 5. The molecule has 1 unspecified atom stereocenters. The van der Waals surface area contributed by atoms with Gasteiger partial charge in [0.2, 0.25) is 5.91 Å². The molecule has 0 aliphatic heterocycles. The van der Waals surface area contributed by atoms with Gasteiger partial charge in [-0.3, -0.25) is 9.69 Å². The number of carbonyl (C=O) groups is 1. The summed E-state index contributed by atoms with van der Waals surface area (Å²) >= 11 is 0. The quantitative estimate of drug-likeness (QED) is 0.651. The summed E-state index contributed by atoms with van der Waals surface area (Å²) < 4.78 is 0. The second kappa shape index (κ2) is 6.39. The summed E-state index contributed by atoms with van der Waals surface area (Å²) in [6.07, 6.45) is 1.36. The predicted octanol–water partition coefficient (Wildman–Crippen LogP) is 0.699. The van der Waals surface area contributed by atoms with Crippen LogP contribution in [0.25, 0.3) is 0 Å². The maximum absolute atomic E-state index is 11.2. The van der Waals surface area contributed by atoms with Crippen LogP contribution in [0.1, 0.15) is 19.8 Å². The third kappa shape index (κ3) is 4.83. The van der Waals surface area contributed by atoms with E-state index in [-0.39, 0.29) is 11.9 Å². The minimum absolute atomic E-state index is 0.0792. The van der Waals surface area contributed by atoms with Crippen LogP contribution in [0.4, 0.5) is 0 Å². The minimum Gasteiger partial charge on any atom is -0.349 e. The molecule has 0 heterocycles. The minimum atomic E-state index is -0.0792. The van der Waals surface area contributed by atoms with Crippen LogP contribution >= 0.6 is 0 Å². The first-order chi connectivity index (χ1) is 6.49. The SMILES string of the molecule is CC(C#N)N(C)CCCC(=O)N(C)C. The van der Waals surface area contributed by atoms with Crippen molar-refractivity contribution in [3.05, 3.63) is 0 Å². The molecule has 0 fully saturated rings. The second-order valence-corrected chi connectivity index (χ2v) is 3.68. The van der Waals surface area contributed by atoms with E-state index in [0.29, 0.717) is 6.42 Å². The molecule has 0 rings (SSSR count). The topological polar surface area (TPSA) is 47.3 Å². The van der Waals surface area contributed by atoms with Gasteiger partial charge < -0.3 is 4.90 Å². The fraction of sp³-hybridized carbons (Fsp3) is 0.800. The Morgan fingerprint density at radius 1 is 1.43 bits per heavy atom. The molecule has 0 radical (unpaired) electrons. The van der Waals surface area contributed by atoms with E-state index in [1.807, 2.05) is 18.9 Å². The van der Waals surface area contributed by atoms with Crippen molar-refractivity contribution >= 4 is 5.91 Å². The molecular formula is C10H19N3O. The van der Waals surface area contributed by atoms with Gasteiger partial charge >= 0.3 is 0 Å². The molecule has 0 saturated carbocycles. The molecule has 80 valence electrons. The molecule has 4 heteroatoms. The summed E-state index contributed by atoms with van der Waals surface area (Å²) in [6.45, 7) is 2.64. The summed E-state index contributed by atoms with van der Waals surface area (Å²) in [4.78, 5) is 14.7. The molecule has 0 N–H and O–H groups in total. The summed E-state index contributed by atoms with van der Waals surface area (Å²) in [5.74, 6) is 0.142. The van der Waals surface area contributed by atoms with Gasteiger partial charge in [-0.25, -0.2) is 0 Å². The Hall–Kier alpha value is -1.08. The summed E-state index contributed by atoms with van der Waals surface area (Å²) in [7, 11) is 5.40. The molecule has 0 aliphatic rings. The highest BCUT2D eigenvalue weighted by atomic mass is 16.2. The molecule has 0 aromatic carbocycles. The summed E-state index contributed by atoms with van der Waals surface area (Å²) in [5.41, 5.74) is 0. The van der Waals surface area contributed by atoms with E-state index < -0.39 is 0 Å². The average Bonchev–Trinajstić information content (AvgIpc) is 2.15. The first-order valence-electron chi connectivity index (χ1n) is 4.79. The number of nitriles is 1. The molecule has 0 aromatic rings. The van der Waals surface area contributed by atoms with Crippen molar-refractivity contribution < 1.29 is 4.79 Å². The zero-order valence-corrected chi connectivity index (χ0v) is 9.45. The Kier molecular flexibility index (Phi) is 5.89. The van der Waals surface area contributed by atoms with Gasteiger partial charge in [0.15, 0.2) is 0 Å². The molecular weight excluding hydrogens is 178 g/mol. The fourth-order valence-electron chi connectivity index (χ4n) is 0.995. The van der Waals surface area contributed by atoms with Gasteiger partial charge in [0.1, 0.15) is 0 Å². The largest absolute Gasteiger partial charge is 0.349 e. The highest BCUT2D eigenvalue weighted by molar-refractivity contribution is 5.75. The van der Waals surface area contributed by atoms with Crippen LogP contribution in [0.2, 0.25) is 0 Å². The van der Waals surface area contributed by atoms with Gasteiger partial charge in [-0.2, -0.15) is 5.26 Å². The van der Waals surface area contributed by atoms with Crippen LogP contribution in [-0.4, -0.2) is 49.4 Å². The number of nitrogens with zero attached hydrogens (tertiary/aromatic N) is 3. The first-order valence-corrected chi connectivity index (χ1v) is 4.79. The van der Waals surface area contributed by atoms with Crippen molar-refractivity contribution in [1.82, 2.24) is 9.80 Å². The number of carbonyl (C=O) groups excluding carboxylic acids is 1. The van der Waals surface area contributed by atoms with Gasteiger partial charge in [-0.05, 0) is 26.9 Å². The van der Waals surface area contributed by atoms with Crippen LogP contribution in [0.3, 0.4) is 0 Å². The lowest BCUT2D eigenvalue weighted by atomic mass is 10.2. The van der Waals surface area contributed by atoms with E-state index in [1.165, 1.54) is 0 Å². The van der Waals surface area contributed by atoms with Gasteiger partial charge in [-0.1, -0.05) is 0 Å². The lowest BCUT2D eigenvalue weighted by Gasteiger charge is -2.18. The van der Waals surface area contributed by atoms with Crippen molar-refractivity contribution in [3.8, 4) is 6.07 Å².